The van der Waals surface area contributed by atoms with Crippen LogP contribution < -0.4 is 4.74 Å². The maximum atomic E-state index is 11.4. The van der Waals surface area contributed by atoms with Crippen molar-refractivity contribution in [3.05, 3.63) is 47.3 Å². The lowest BCUT2D eigenvalue weighted by molar-refractivity contribution is -0.136. The van der Waals surface area contributed by atoms with Gasteiger partial charge in [0.15, 0.2) is 5.69 Å². The summed E-state index contributed by atoms with van der Waals surface area (Å²) in [5.41, 5.74) is 1.84. The van der Waals surface area contributed by atoms with Crippen LogP contribution in [0.4, 0.5) is 0 Å². The van der Waals surface area contributed by atoms with E-state index in [0.29, 0.717) is 12.2 Å². The fourth-order valence-electron chi connectivity index (χ4n) is 2.04. The van der Waals surface area contributed by atoms with Gasteiger partial charge in [-0.15, -0.1) is 0 Å². The molecular weight excluding hydrogens is 300 g/mol. The fourth-order valence-corrected chi connectivity index (χ4v) is 2.04. The van der Waals surface area contributed by atoms with Gasteiger partial charge >= 0.3 is 11.9 Å². The number of hydrogen-bond acceptors (Lipinski definition) is 5. The topological polar surface area (TPSA) is 90.6 Å². The first-order valence-corrected chi connectivity index (χ1v) is 7.04. The molecule has 7 nitrogen and oxygen atoms in total. The molecule has 2 aromatic rings. The maximum absolute atomic E-state index is 11.4. The highest BCUT2D eigenvalue weighted by molar-refractivity contribution is 5.87. The number of rotatable bonds is 7. The van der Waals surface area contributed by atoms with Crippen molar-refractivity contribution in [2.24, 2.45) is 7.05 Å². The average molecular weight is 318 g/mol. The molecular formula is C16H18N2O5. The second-order valence-electron chi connectivity index (χ2n) is 4.97. The number of nitrogens with zero attached hydrogens (tertiary/aromatic N) is 2. The SMILES string of the molecule is COC(=O)c1cc(COc2cccc(CCC(=O)O)c2)n(C)n1. The molecule has 122 valence electrons. The van der Waals surface area contributed by atoms with Gasteiger partial charge in [-0.2, -0.15) is 5.10 Å². The molecule has 0 amide bonds. The van der Waals surface area contributed by atoms with Gasteiger partial charge in [0.25, 0.3) is 0 Å². The van der Waals surface area contributed by atoms with Crippen molar-refractivity contribution >= 4 is 11.9 Å². The van der Waals surface area contributed by atoms with Crippen LogP contribution in [0.5, 0.6) is 5.75 Å². The van der Waals surface area contributed by atoms with E-state index in [-0.39, 0.29) is 18.7 Å². The number of aryl methyl sites for hydroxylation is 2. The third kappa shape index (κ3) is 4.57. The van der Waals surface area contributed by atoms with Gasteiger partial charge in [0.2, 0.25) is 0 Å². The highest BCUT2D eigenvalue weighted by Crippen LogP contribution is 2.17. The van der Waals surface area contributed by atoms with E-state index in [0.717, 1.165) is 11.3 Å². The molecule has 0 saturated carbocycles. The van der Waals surface area contributed by atoms with Gasteiger partial charge in [0.05, 0.1) is 12.8 Å². The summed E-state index contributed by atoms with van der Waals surface area (Å²) in [5.74, 6) is -0.697. The lowest BCUT2D eigenvalue weighted by Crippen LogP contribution is -2.04. The second kappa shape index (κ2) is 7.44. The van der Waals surface area contributed by atoms with Crippen LogP contribution in [-0.2, 0) is 29.6 Å². The molecule has 2 rings (SSSR count). The van der Waals surface area contributed by atoms with Crippen LogP contribution in [0.2, 0.25) is 0 Å². The number of carbonyl (C=O) groups excluding carboxylic acids is 1. The molecule has 0 bridgehead atoms. The quantitative estimate of drug-likeness (QED) is 0.783. The van der Waals surface area contributed by atoms with E-state index >= 15 is 0 Å². The smallest absolute Gasteiger partial charge is 0.358 e. The lowest BCUT2D eigenvalue weighted by Gasteiger charge is -2.08. The molecule has 0 aliphatic carbocycles. The Hall–Kier alpha value is -2.83. The average Bonchev–Trinajstić information content (AvgIpc) is 2.91. The zero-order valence-corrected chi connectivity index (χ0v) is 13.0. The molecule has 0 fully saturated rings. The number of aliphatic carboxylic acids is 1. The van der Waals surface area contributed by atoms with E-state index in [4.69, 9.17) is 9.84 Å². The number of esters is 1. The van der Waals surface area contributed by atoms with E-state index in [9.17, 15) is 9.59 Å². The van der Waals surface area contributed by atoms with Crippen LogP contribution >= 0.6 is 0 Å². The molecule has 0 spiro atoms. The molecule has 0 aliphatic rings. The molecule has 0 aliphatic heterocycles. The van der Waals surface area contributed by atoms with Crippen molar-refractivity contribution in [2.45, 2.75) is 19.4 Å². The second-order valence-corrected chi connectivity index (χ2v) is 4.97. The zero-order chi connectivity index (χ0) is 16.8. The van der Waals surface area contributed by atoms with Crippen molar-refractivity contribution in [3.63, 3.8) is 0 Å². The molecule has 0 atom stereocenters. The van der Waals surface area contributed by atoms with Gasteiger partial charge in [0, 0.05) is 13.5 Å². The summed E-state index contributed by atoms with van der Waals surface area (Å²) in [6.45, 7) is 0.239. The number of hydrogen-bond donors (Lipinski definition) is 1. The first-order chi connectivity index (χ1) is 11.0. The van der Waals surface area contributed by atoms with Crippen molar-refractivity contribution in [1.82, 2.24) is 9.78 Å². The lowest BCUT2D eigenvalue weighted by atomic mass is 10.1. The van der Waals surface area contributed by atoms with Crippen LogP contribution in [-0.4, -0.2) is 33.9 Å². The number of ether oxygens (including phenoxy) is 2. The summed E-state index contributed by atoms with van der Waals surface area (Å²) < 4.78 is 11.9. The summed E-state index contributed by atoms with van der Waals surface area (Å²) in [4.78, 5) is 22.0. The monoisotopic (exact) mass is 318 g/mol. The van der Waals surface area contributed by atoms with Crippen LogP contribution in [0.15, 0.2) is 30.3 Å². The minimum atomic E-state index is -0.832. The van der Waals surface area contributed by atoms with Crippen LogP contribution in [0, 0.1) is 0 Å². The third-order valence-electron chi connectivity index (χ3n) is 3.28. The highest BCUT2D eigenvalue weighted by Gasteiger charge is 2.13. The number of carboxylic acids is 1. The Bertz CT molecular complexity index is 708. The van der Waals surface area contributed by atoms with Crippen LogP contribution in [0.1, 0.15) is 28.2 Å². The number of methoxy groups -OCH3 is 1. The third-order valence-corrected chi connectivity index (χ3v) is 3.28. The van der Waals surface area contributed by atoms with E-state index in [1.54, 1.807) is 29.9 Å². The van der Waals surface area contributed by atoms with E-state index < -0.39 is 11.9 Å². The Balaban J connectivity index is 2.00. The number of carbonyl (C=O) groups is 2. The Morgan fingerprint density at radius 3 is 2.78 bits per heavy atom. The van der Waals surface area contributed by atoms with Gasteiger partial charge in [-0.1, -0.05) is 12.1 Å². The van der Waals surface area contributed by atoms with E-state index in [1.807, 2.05) is 12.1 Å². The number of carboxylic acid groups (broad SMARTS) is 1. The van der Waals surface area contributed by atoms with Crippen LogP contribution in [0.3, 0.4) is 0 Å². The summed E-state index contributed by atoms with van der Waals surface area (Å²) in [6.07, 6.45) is 0.526. The minimum absolute atomic E-state index is 0.0771. The van der Waals surface area contributed by atoms with Gasteiger partial charge in [0.1, 0.15) is 12.4 Å². The summed E-state index contributed by atoms with van der Waals surface area (Å²) in [5, 5.41) is 12.8. The Kier molecular flexibility index (Phi) is 5.35. The predicted molar refractivity (Wildman–Crippen MR) is 81.3 cm³/mol. The Morgan fingerprint density at radius 2 is 2.09 bits per heavy atom. The zero-order valence-electron chi connectivity index (χ0n) is 13.0. The fraction of sp³-hybridized carbons (Fsp3) is 0.312. The van der Waals surface area contributed by atoms with Gasteiger partial charge in [-0.25, -0.2) is 4.79 Å². The highest BCUT2D eigenvalue weighted by atomic mass is 16.5. The van der Waals surface area contributed by atoms with Gasteiger partial charge in [-0.3, -0.25) is 9.48 Å². The molecule has 1 aromatic heterocycles. The summed E-state index contributed by atoms with van der Waals surface area (Å²) in [7, 11) is 3.02. The summed E-state index contributed by atoms with van der Waals surface area (Å²) >= 11 is 0. The summed E-state index contributed by atoms with van der Waals surface area (Å²) in [6, 6.07) is 8.88. The van der Waals surface area contributed by atoms with Crippen molar-refractivity contribution < 1.29 is 24.2 Å². The standard InChI is InChI=1S/C16H18N2O5/c1-18-12(9-14(17-18)16(21)22-2)10-23-13-5-3-4-11(8-13)6-7-15(19)20/h3-5,8-9H,6-7,10H2,1-2H3,(H,19,20). The number of aromatic nitrogens is 2. The van der Waals surface area contributed by atoms with Crippen molar-refractivity contribution in [3.8, 4) is 5.75 Å². The van der Waals surface area contributed by atoms with Crippen LogP contribution in [0.25, 0.3) is 0 Å². The number of benzene rings is 1. The van der Waals surface area contributed by atoms with E-state index in [1.165, 1.54) is 7.11 Å². The largest absolute Gasteiger partial charge is 0.487 e. The van der Waals surface area contributed by atoms with Gasteiger partial charge in [-0.05, 0) is 30.2 Å². The molecule has 23 heavy (non-hydrogen) atoms. The molecule has 1 heterocycles. The van der Waals surface area contributed by atoms with Gasteiger partial charge < -0.3 is 14.6 Å². The molecule has 0 radical (unpaired) electrons. The Labute approximate surface area is 133 Å². The predicted octanol–water partition coefficient (Wildman–Crippen LogP) is 1.80. The first kappa shape index (κ1) is 16.5. The maximum Gasteiger partial charge on any atom is 0.358 e. The normalized spacial score (nSPS) is 10.3. The van der Waals surface area contributed by atoms with E-state index in [2.05, 4.69) is 9.84 Å². The van der Waals surface area contributed by atoms with Crippen molar-refractivity contribution in [1.29, 1.82) is 0 Å². The first-order valence-electron chi connectivity index (χ1n) is 7.04. The Morgan fingerprint density at radius 1 is 1.30 bits per heavy atom. The molecule has 0 saturated heterocycles. The molecule has 0 unspecified atom stereocenters. The minimum Gasteiger partial charge on any atom is -0.487 e. The molecule has 1 N–H and O–H groups in total. The molecule has 1 aromatic carbocycles. The van der Waals surface area contributed by atoms with Crippen molar-refractivity contribution in [2.75, 3.05) is 7.11 Å². The molecule has 7 heteroatoms.